The molecule has 0 radical (unpaired) electrons. The summed E-state index contributed by atoms with van der Waals surface area (Å²) >= 11 is 6.15. The lowest BCUT2D eigenvalue weighted by molar-refractivity contribution is 0.103. The maximum atomic E-state index is 13.1. The molecular formula is C16H14ClFO3. The molecule has 0 amide bonds. The molecule has 2 aromatic carbocycles. The lowest BCUT2D eigenvalue weighted by Crippen LogP contribution is -2.07. The van der Waals surface area contributed by atoms with Crippen molar-refractivity contribution in [1.82, 2.24) is 0 Å². The number of hydrogen-bond acceptors (Lipinski definition) is 3. The minimum Gasteiger partial charge on any atom is -0.495 e. The van der Waals surface area contributed by atoms with Gasteiger partial charge in [0.05, 0.1) is 19.8 Å². The molecule has 0 saturated carbocycles. The fourth-order valence-electron chi connectivity index (χ4n) is 2.10. The average molecular weight is 309 g/mol. The van der Waals surface area contributed by atoms with E-state index in [1.807, 2.05) is 0 Å². The number of ether oxygens (including phenoxy) is 2. The van der Waals surface area contributed by atoms with Crippen LogP contribution >= 0.6 is 11.6 Å². The number of halogens is 2. The molecule has 21 heavy (non-hydrogen) atoms. The van der Waals surface area contributed by atoms with Crippen LogP contribution in [0.4, 0.5) is 4.39 Å². The summed E-state index contributed by atoms with van der Waals surface area (Å²) in [5.41, 5.74) is 1.25. The molecule has 2 rings (SSSR count). The van der Waals surface area contributed by atoms with Crippen LogP contribution in [0.5, 0.6) is 11.5 Å². The third-order valence-electron chi connectivity index (χ3n) is 3.16. The summed E-state index contributed by atoms with van der Waals surface area (Å²) in [7, 11) is 2.90. The second kappa shape index (κ2) is 6.14. The summed E-state index contributed by atoms with van der Waals surface area (Å²) in [5, 5.41) is 0.227. The Hall–Kier alpha value is -2.07. The van der Waals surface area contributed by atoms with Crippen molar-refractivity contribution in [1.29, 1.82) is 0 Å². The van der Waals surface area contributed by atoms with E-state index in [4.69, 9.17) is 21.1 Å². The van der Waals surface area contributed by atoms with Crippen LogP contribution in [0.2, 0.25) is 5.02 Å². The van der Waals surface area contributed by atoms with E-state index in [0.29, 0.717) is 22.4 Å². The molecule has 0 aliphatic carbocycles. The molecule has 0 fully saturated rings. The quantitative estimate of drug-likeness (QED) is 0.800. The number of carbonyl (C=O) groups excluding carboxylic acids is 1. The molecule has 0 spiro atoms. The van der Waals surface area contributed by atoms with Gasteiger partial charge in [-0.1, -0.05) is 11.6 Å². The second-order valence-electron chi connectivity index (χ2n) is 4.45. The van der Waals surface area contributed by atoms with E-state index < -0.39 is 0 Å². The Morgan fingerprint density at radius 1 is 1.10 bits per heavy atom. The lowest BCUT2D eigenvalue weighted by atomic mass is 9.98. The van der Waals surface area contributed by atoms with Gasteiger partial charge >= 0.3 is 0 Å². The number of rotatable bonds is 4. The molecule has 0 unspecified atom stereocenters. The van der Waals surface area contributed by atoms with Crippen molar-refractivity contribution >= 4 is 17.4 Å². The molecule has 0 bridgehead atoms. The van der Waals surface area contributed by atoms with Crippen molar-refractivity contribution in [3.63, 3.8) is 0 Å². The Bertz CT molecular complexity index is 698. The Balaban J connectivity index is 2.55. The summed E-state index contributed by atoms with van der Waals surface area (Å²) in [5.74, 6) is -0.0108. The van der Waals surface area contributed by atoms with Gasteiger partial charge in [-0.3, -0.25) is 4.79 Å². The van der Waals surface area contributed by atoms with Crippen molar-refractivity contribution in [3.05, 3.63) is 57.9 Å². The van der Waals surface area contributed by atoms with Crippen LogP contribution in [0.1, 0.15) is 21.5 Å². The molecule has 0 atom stereocenters. The Morgan fingerprint density at radius 3 is 2.33 bits per heavy atom. The fourth-order valence-corrected chi connectivity index (χ4v) is 2.42. The third-order valence-corrected chi connectivity index (χ3v) is 3.52. The topological polar surface area (TPSA) is 35.5 Å². The number of methoxy groups -OCH3 is 2. The van der Waals surface area contributed by atoms with Crippen molar-refractivity contribution in [2.24, 2.45) is 0 Å². The van der Waals surface area contributed by atoms with Gasteiger partial charge in [0.25, 0.3) is 0 Å². The summed E-state index contributed by atoms with van der Waals surface area (Å²) in [6.07, 6.45) is 0. The Kier molecular flexibility index (Phi) is 4.48. The van der Waals surface area contributed by atoms with Gasteiger partial charge in [-0.2, -0.15) is 0 Å². The molecule has 5 heteroatoms. The number of benzene rings is 2. The number of ketones is 1. The largest absolute Gasteiger partial charge is 0.495 e. The first-order valence-electron chi connectivity index (χ1n) is 6.21. The number of hydrogen-bond donors (Lipinski definition) is 0. The van der Waals surface area contributed by atoms with Gasteiger partial charge in [0.2, 0.25) is 0 Å². The molecule has 0 aliphatic heterocycles. The zero-order chi connectivity index (χ0) is 15.6. The molecule has 0 aromatic heterocycles. The lowest BCUT2D eigenvalue weighted by Gasteiger charge is -2.13. The van der Waals surface area contributed by atoms with Crippen LogP contribution in [-0.2, 0) is 0 Å². The normalized spacial score (nSPS) is 10.3. The first-order valence-corrected chi connectivity index (χ1v) is 6.58. The summed E-state index contributed by atoms with van der Waals surface area (Å²) < 4.78 is 23.5. The van der Waals surface area contributed by atoms with Crippen LogP contribution in [0.25, 0.3) is 0 Å². The molecule has 0 aliphatic rings. The monoisotopic (exact) mass is 308 g/mol. The maximum Gasteiger partial charge on any atom is 0.197 e. The average Bonchev–Trinajstić information content (AvgIpc) is 2.46. The Morgan fingerprint density at radius 2 is 1.76 bits per heavy atom. The predicted octanol–water partition coefficient (Wildman–Crippen LogP) is 4.04. The predicted molar refractivity (Wildman–Crippen MR) is 79.1 cm³/mol. The van der Waals surface area contributed by atoms with Gasteiger partial charge < -0.3 is 9.47 Å². The number of carbonyl (C=O) groups is 1. The van der Waals surface area contributed by atoms with E-state index in [9.17, 15) is 9.18 Å². The first kappa shape index (κ1) is 15.3. The standard InChI is InChI=1S/C16H14ClFO3/c1-9-8-10(18)4-5-11(9)15(19)12-6-7-13(20-2)14(17)16(12)21-3/h4-8H,1-3H3. The van der Waals surface area contributed by atoms with Gasteiger partial charge in [-0.15, -0.1) is 0 Å². The number of aryl methyl sites for hydroxylation is 1. The highest BCUT2D eigenvalue weighted by Crippen LogP contribution is 2.37. The highest BCUT2D eigenvalue weighted by molar-refractivity contribution is 6.34. The molecule has 0 saturated heterocycles. The molecular weight excluding hydrogens is 295 g/mol. The van der Waals surface area contributed by atoms with Gasteiger partial charge in [-0.05, 0) is 42.8 Å². The highest BCUT2D eigenvalue weighted by Gasteiger charge is 2.21. The van der Waals surface area contributed by atoms with Gasteiger partial charge in [0.1, 0.15) is 16.6 Å². The summed E-state index contributed by atoms with van der Waals surface area (Å²) in [4.78, 5) is 12.6. The molecule has 3 nitrogen and oxygen atoms in total. The van der Waals surface area contributed by atoms with Gasteiger partial charge in [-0.25, -0.2) is 4.39 Å². The van der Waals surface area contributed by atoms with Crippen molar-refractivity contribution < 1.29 is 18.7 Å². The van der Waals surface area contributed by atoms with Gasteiger partial charge in [0.15, 0.2) is 11.5 Å². The van der Waals surface area contributed by atoms with Crippen LogP contribution in [0.15, 0.2) is 30.3 Å². The van der Waals surface area contributed by atoms with E-state index in [1.54, 1.807) is 19.1 Å². The minimum absolute atomic E-state index is 0.227. The van der Waals surface area contributed by atoms with E-state index in [-0.39, 0.29) is 22.4 Å². The molecule has 2 aromatic rings. The van der Waals surface area contributed by atoms with E-state index in [0.717, 1.165) is 0 Å². The molecule has 110 valence electrons. The first-order chi connectivity index (χ1) is 9.99. The SMILES string of the molecule is COc1ccc(C(=O)c2ccc(F)cc2C)c(OC)c1Cl. The van der Waals surface area contributed by atoms with E-state index in [1.165, 1.54) is 32.4 Å². The van der Waals surface area contributed by atoms with Crippen LogP contribution in [0, 0.1) is 12.7 Å². The zero-order valence-electron chi connectivity index (χ0n) is 11.9. The second-order valence-corrected chi connectivity index (χ2v) is 4.83. The summed E-state index contributed by atoms with van der Waals surface area (Å²) in [6.45, 7) is 1.67. The van der Waals surface area contributed by atoms with Gasteiger partial charge in [0, 0.05) is 5.56 Å². The molecule has 0 heterocycles. The van der Waals surface area contributed by atoms with Crippen LogP contribution < -0.4 is 9.47 Å². The van der Waals surface area contributed by atoms with Crippen LogP contribution in [-0.4, -0.2) is 20.0 Å². The zero-order valence-corrected chi connectivity index (χ0v) is 12.6. The van der Waals surface area contributed by atoms with Crippen molar-refractivity contribution in [2.75, 3.05) is 14.2 Å². The third kappa shape index (κ3) is 2.85. The van der Waals surface area contributed by atoms with Crippen LogP contribution in [0.3, 0.4) is 0 Å². The highest BCUT2D eigenvalue weighted by atomic mass is 35.5. The van der Waals surface area contributed by atoms with Crippen molar-refractivity contribution in [2.45, 2.75) is 6.92 Å². The fraction of sp³-hybridized carbons (Fsp3) is 0.188. The van der Waals surface area contributed by atoms with Crippen molar-refractivity contribution in [3.8, 4) is 11.5 Å². The maximum absolute atomic E-state index is 13.1. The Labute approximate surface area is 127 Å². The summed E-state index contributed by atoms with van der Waals surface area (Å²) in [6, 6.07) is 7.18. The van der Waals surface area contributed by atoms with E-state index in [2.05, 4.69) is 0 Å². The molecule has 0 N–H and O–H groups in total. The van der Waals surface area contributed by atoms with E-state index >= 15 is 0 Å². The minimum atomic E-state index is -0.385. The smallest absolute Gasteiger partial charge is 0.197 e.